The number of benzene rings is 1. The second-order valence-corrected chi connectivity index (χ2v) is 5.06. The van der Waals surface area contributed by atoms with Crippen LogP contribution in [-0.2, 0) is 0 Å². The molecule has 2 heterocycles. The van der Waals surface area contributed by atoms with Gasteiger partial charge >= 0.3 is 0 Å². The minimum Gasteiger partial charge on any atom is -0.367 e. The number of hydrogen-bond acceptors (Lipinski definition) is 4. The summed E-state index contributed by atoms with van der Waals surface area (Å²) in [6, 6.07) is 12.2. The van der Waals surface area contributed by atoms with Crippen LogP contribution in [-0.4, -0.2) is 5.16 Å². The zero-order valence-electron chi connectivity index (χ0n) is 9.88. The predicted octanol–water partition coefficient (Wildman–Crippen LogP) is 3.96. The fourth-order valence-corrected chi connectivity index (χ4v) is 2.65. The number of nitrogens with zero attached hydrogens (tertiary/aromatic N) is 1. The molecule has 0 amide bonds. The third-order valence-electron chi connectivity index (χ3n) is 2.81. The van der Waals surface area contributed by atoms with Gasteiger partial charge in [0.15, 0.2) is 0 Å². The molecule has 0 aliphatic carbocycles. The topological polar surface area (TPSA) is 52.0 Å². The first-order chi connectivity index (χ1) is 8.75. The van der Waals surface area contributed by atoms with Crippen LogP contribution in [0, 0.1) is 6.92 Å². The molecule has 0 atom stereocenters. The van der Waals surface area contributed by atoms with E-state index < -0.39 is 0 Å². The van der Waals surface area contributed by atoms with Crippen molar-refractivity contribution in [2.45, 2.75) is 6.92 Å². The number of nitrogens with two attached hydrogens (primary N) is 1. The molecule has 2 N–H and O–H groups in total. The lowest BCUT2D eigenvalue weighted by Crippen LogP contribution is -1.85. The SMILES string of the molecule is Cc1ccc(-c2noc(N)c2-c2cccs2)cc1. The quantitative estimate of drug-likeness (QED) is 0.755. The fourth-order valence-electron chi connectivity index (χ4n) is 1.87. The smallest absolute Gasteiger partial charge is 0.231 e. The van der Waals surface area contributed by atoms with Gasteiger partial charge in [-0.2, -0.15) is 0 Å². The fraction of sp³-hybridized carbons (Fsp3) is 0.0714. The van der Waals surface area contributed by atoms with E-state index in [1.165, 1.54) is 5.56 Å². The van der Waals surface area contributed by atoms with Crippen molar-refractivity contribution in [1.29, 1.82) is 0 Å². The van der Waals surface area contributed by atoms with Gasteiger partial charge in [-0.3, -0.25) is 0 Å². The van der Waals surface area contributed by atoms with Crippen molar-refractivity contribution >= 4 is 17.2 Å². The standard InChI is InChI=1S/C14H12N2OS/c1-9-4-6-10(7-5-9)13-12(14(15)17-16-13)11-3-2-8-18-11/h2-8H,15H2,1H3. The minimum atomic E-state index is 0.369. The Morgan fingerprint density at radius 1 is 1.17 bits per heavy atom. The number of anilines is 1. The zero-order chi connectivity index (χ0) is 12.5. The van der Waals surface area contributed by atoms with Crippen LogP contribution in [0.5, 0.6) is 0 Å². The Morgan fingerprint density at radius 2 is 1.94 bits per heavy atom. The van der Waals surface area contributed by atoms with E-state index in [9.17, 15) is 0 Å². The molecule has 0 unspecified atom stereocenters. The maximum absolute atomic E-state index is 5.88. The summed E-state index contributed by atoms with van der Waals surface area (Å²) in [5.74, 6) is 0.369. The summed E-state index contributed by atoms with van der Waals surface area (Å²) in [6.07, 6.45) is 0. The van der Waals surface area contributed by atoms with Crippen molar-refractivity contribution in [3.05, 3.63) is 47.3 Å². The number of aryl methyl sites for hydroxylation is 1. The van der Waals surface area contributed by atoms with Crippen molar-refractivity contribution in [1.82, 2.24) is 5.16 Å². The number of hydrogen-bond donors (Lipinski definition) is 1. The lowest BCUT2D eigenvalue weighted by atomic mass is 10.1. The normalized spacial score (nSPS) is 10.7. The van der Waals surface area contributed by atoms with Gasteiger partial charge < -0.3 is 10.3 Å². The van der Waals surface area contributed by atoms with Gasteiger partial charge in [-0.1, -0.05) is 41.1 Å². The van der Waals surface area contributed by atoms with Crippen LogP contribution >= 0.6 is 11.3 Å². The van der Waals surface area contributed by atoms with Crippen LogP contribution in [0.25, 0.3) is 21.7 Å². The summed E-state index contributed by atoms with van der Waals surface area (Å²) in [7, 11) is 0. The highest BCUT2D eigenvalue weighted by Crippen LogP contribution is 2.38. The van der Waals surface area contributed by atoms with E-state index >= 15 is 0 Å². The van der Waals surface area contributed by atoms with E-state index in [1.807, 2.05) is 29.6 Å². The van der Waals surface area contributed by atoms with Gasteiger partial charge in [0, 0.05) is 10.4 Å². The molecule has 0 bridgehead atoms. The molecule has 2 aromatic heterocycles. The Kier molecular flexibility index (Phi) is 2.64. The van der Waals surface area contributed by atoms with Crippen LogP contribution < -0.4 is 5.73 Å². The van der Waals surface area contributed by atoms with E-state index in [0.29, 0.717) is 5.88 Å². The number of aromatic nitrogens is 1. The summed E-state index contributed by atoms with van der Waals surface area (Å²) in [5.41, 5.74) is 9.80. The Morgan fingerprint density at radius 3 is 2.61 bits per heavy atom. The van der Waals surface area contributed by atoms with Crippen LogP contribution in [0.2, 0.25) is 0 Å². The molecule has 90 valence electrons. The van der Waals surface area contributed by atoms with Gasteiger partial charge in [0.1, 0.15) is 5.69 Å². The van der Waals surface area contributed by atoms with Crippen molar-refractivity contribution in [3.8, 4) is 21.7 Å². The lowest BCUT2D eigenvalue weighted by Gasteiger charge is -2.00. The van der Waals surface area contributed by atoms with E-state index in [4.69, 9.17) is 10.3 Å². The second kappa shape index (κ2) is 4.31. The average Bonchev–Trinajstić information content (AvgIpc) is 2.99. The van der Waals surface area contributed by atoms with E-state index in [-0.39, 0.29) is 0 Å². The van der Waals surface area contributed by atoms with Crippen LogP contribution in [0.1, 0.15) is 5.56 Å². The Bertz CT molecular complexity index is 654. The molecule has 3 rings (SSSR count). The zero-order valence-corrected chi connectivity index (χ0v) is 10.7. The monoisotopic (exact) mass is 256 g/mol. The first-order valence-corrected chi connectivity index (χ1v) is 6.50. The second-order valence-electron chi connectivity index (χ2n) is 4.11. The number of thiophene rings is 1. The summed E-state index contributed by atoms with van der Waals surface area (Å²) in [5, 5.41) is 6.09. The molecule has 0 spiro atoms. The van der Waals surface area contributed by atoms with Crippen molar-refractivity contribution < 1.29 is 4.52 Å². The van der Waals surface area contributed by atoms with Gasteiger partial charge in [0.2, 0.25) is 5.88 Å². The molecule has 0 aliphatic rings. The van der Waals surface area contributed by atoms with Crippen LogP contribution in [0.3, 0.4) is 0 Å². The molecule has 0 saturated carbocycles. The van der Waals surface area contributed by atoms with Crippen molar-refractivity contribution in [3.63, 3.8) is 0 Å². The summed E-state index contributed by atoms with van der Waals surface area (Å²) in [4.78, 5) is 1.07. The minimum absolute atomic E-state index is 0.369. The Hall–Kier alpha value is -2.07. The Labute approximate surface area is 109 Å². The summed E-state index contributed by atoms with van der Waals surface area (Å²) in [6.45, 7) is 2.06. The highest BCUT2D eigenvalue weighted by molar-refractivity contribution is 7.13. The van der Waals surface area contributed by atoms with E-state index in [2.05, 4.69) is 24.2 Å². The first-order valence-electron chi connectivity index (χ1n) is 5.62. The average molecular weight is 256 g/mol. The number of nitrogen functional groups attached to an aromatic ring is 1. The molecular formula is C14H12N2OS. The number of rotatable bonds is 2. The molecule has 0 fully saturated rings. The van der Waals surface area contributed by atoms with Crippen molar-refractivity contribution in [2.24, 2.45) is 0 Å². The van der Waals surface area contributed by atoms with Crippen LogP contribution in [0.15, 0.2) is 46.3 Å². The molecule has 3 nitrogen and oxygen atoms in total. The van der Waals surface area contributed by atoms with Gasteiger partial charge in [-0.15, -0.1) is 11.3 Å². The van der Waals surface area contributed by atoms with Gasteiger partial charge in [-0.05, 0) is 18.4 Å². The summed E-state index contributed by atoms with van der Waals surface area (Å²) < 4.78 is 5.14. The van der Waals surface area contributed by atoms with Crippen molar-refractivity contribution in [2.75, 3.05) is 5.73 Å². The molecule has 1 aromatic carbocycles. The molecule has 3 aromatic rings. The highest BCUT2D eigenvalue weighted by Gasteiger charge is 2.17. The third-order valence-corrected chi connectivity index (χ3v) is 3.70. The van der Waals surface area contributed by atoms with Gasteiger partial charge in [0.25, 0.3) is 0 Å². The molecule has 0 aliphatic heterocycles. The predicted molar refractivity (Wildman–Crippen MR) is 74.4 cm³/mol. The Balaban J connectivity index is 2.16. The summed E-state index contributed by atoms with van der Waals surface area (Å²) >= 11 is 1.63. The van der Waals surface area contributed by atoms with E-state index in [1.54, 1.807) is 11.3 Å². The largest absolute Gasteiger partial charge is 0.367 e. The first kappa shape index (κ1) is 11.0. The molecular weight excluding hydrogens is 244 g/mol. The van der Waals surface area contributed by atoms with Gasteiger partial charge in [-0.25, -0.2) is 0 Å². The maximum Gasteiger partial charge on any atom is 0.231 e. The molecule has 0 saturated heterocycles. The molecule has 18 heavy (non-hydrogen) atoms. The molecule has 0 radical (unpaired) electrons. The van der Waals surface area contributed by atoms with Gasteiger partial charge in [0.05, 0.1) is 5.56 Å². The molecule has 4 heteroatoms. The maximum atomic E-state index is 5.88. The third kappa shape index (κ3) is 1.80. The lowest BCUT2D eigenvalue weighted by molar-refractivity contribution is 0.439. The van der Waals surface area contributed by atoms with Crippen LogP contribution in [0.4, 0.5) is 5.88 Å². The highest BCUT2D eigenvalue weighted by atomic mass is 32.1. The van der Waals surface area contributed by atoms with E-state index in [0.717, 1.165) is 21.7 Å².